The summed E-state index contributed by atoms with van der Waals surface area (Å²) in [7, 11) is 1.58. The average Bonchev–Trinajstić information content (AvgIpc) is 2.70. The summed E-state index contributed by atoms with van der Waals surface area (Å²) >= 11 is 0. The van der Waals surface area contributed by atoms with Crippen LogP contribution in [-0.4, -0.2) is 29.3 Å². The van der Waals surface area contributed by atoms with Crippen LogP contribution in [0.5, 0.6) is 5.75 Å². The number of rotatable bonds is 7. The van der Waals surface area contributed by atoms with Crippen molar-refractivity contribution in [2.75, 3.05) is 13.7 Å². The second-order valence-electron chi connectivity index (χ2n) is 6.48. The van der Waals surface area contributed by atoms with Crippen molar-refractivity contribution in [3.05, 3.63) is 82.1 Å². The Morgan fingerprint density at radius 2 is 1.82 bits per heavy atom. The van der Waals surface area contributed by atoms with E-state index in [0.29, 0.717) is 18.8 Å². The molecular formula is C22H23N3O3. The number of para-hydroxylation sites is 1. The molecule has 0 saturated carbocycles. The van der Waals surface area contributed by atoms with Gasteiger partial charge in [-0.15, -0.1) is 0 Å². The van der Waals surface area contributed by atoms with Crippen LogP contribution in [0.3, 0.4) is 0 Å². The summed E-state index contributed by atoms with van der Waals surface area (Å²) in [5.41, 5.74) is 3.45. The molecule has 6 nitrogen and oxygen atoms in total. The number of hydrogen-bond donors (Lipinski definition) is 1. The average molecular weight is 377 g/mol. The molecule has 0 aliphatic heterocycles. The Balaban J connectivity index is 1.61. The first kappa shape index (κ1) is 19.4. The Kier molecular flexibility index (Phi) is 6.22. The number of benzene rings is 2. The fourth-order valence-corrected chi connectivity index (χ4v) is 2.87. The Hall–Kier alpha value is -3.41. The van der Waals surface area contributed by atoms with Gasteiger partial charge in [0.1, 0.15) is 5.75 Å². The third kappa shape index (κ3) is 4.85. The van der Waals surface area contributed by atoms with Crippen molar-refractivity contribution in [2.24, 2.45) is 0 Å². The third-order valence-corrected chi connectivity index (χ3v) is 4.40. The van der Waals surface area contributed by atoms with Crippen molar-refractivity contribution in [1.29, 1.82) is 0 Å². The Morgan fingerprint density at radius 3 is 2.57 bits per heavy atom. The Bertz CT molecular complexity index is 1010. The lowest BCUT2D eigenvalue weighted by Gasteiger charge is -2.10. The fourth-order valence-electron chi connectivity index (χ4n) is 2.87. The summed E-state index contributed by atoms with van der Waals surface area (Å²) in [4.78, 5) is 24.3. The summed E-state index contributed by atoms with van der Waals surface area (Å²) in [6.45, 7) is 2.64. The van der Waals surface area contributed by atoms with Crippen LogP contribution in [-0.2, 0) is 17.8 Å². The summed E-state index contributed by atoms with van der Waals surface area (Å²) in [5, 5.41) is 7.24. The van der Waals surface area contributed by atoms with Gasteiger partial charge in [-0.3, -0.25) is 9.59 Å². The van der Waals surface area contributed by atoms with Gasteiger partial charge in [-0.25, -0.2) is 4.68 Å². The van der Waals surface area contributed by atoms with Crippen LogP contribution >= 0.6 is 0 Å². The highest BCUT2D eigenvalue weighted by molar-refractivity contribution is 5.79. The molecule has 0 aliphatic carbocycles. The zero-order chi connectivity index (χ0) is 19.9. The number of ether oxygens (including phenoxy) is 1. The summed E-state index contributed by atoms with van der Waals surface area (Å²) in [5.74, 6) is 0.550. The van der Waals surface area contributed by atoms with E-state index in [1.54, 1.807) is 13.2 Å². The normalized spacial score (nSPS) is 10.5. The third-order valence-electron chi connectivity index (χ3n) is 4.40. The number of nitrogens with zero attached hydrogens (tertiary/aromatic N) is 2. The minimum absolute atomic E-state index is 0.132. The van der Waals surface area contributed by atoms with Gasteiger partial charge in [0.05, 0.1) is 25.8 Å². The van der Waals surface area contributed by atoms with Gasteiger partial charge in [-0.1, -0.05) is 48.0 Å². The summed E-state index contributed by atoms with van der Waals surface area (Å²) in [6, 6.07) is 18.6. The van der Waals surface area contributed by atoms with Crippen LogP contribution in [0.25, 0.3) is 11.3 Å². The fraction of sp³-hybridized carbons (Fsp3) is 0.227. The zero-order valence-electron chi connectivity index (χ0n) is 16.0. The predicted molar refractivity (Wildman–Crippen MR) is 108 cm³/mol. The molecule has 0 fully saturated rings. The first-order valence-corrected chi connectivity index (χ1v) is 9.10. The zero-order valence-corrected chi connectivity index (χ0v) is 16.0. The highest BCUT2D eigenvalue weighted by Gasteiger charge is 2.08. The van der Waals surface area contributed by atoms with Gasteiger partial charge in [-0.2, -0.15) is 5.10 Å². The van der Waals surface area contributed by atoms with Crippen molar-refractivity contribution in [2.45, 2.75) is 19.9 Å². The highest BCUT2D eigenvalue weighted by atomic mass is 16.5. The van der Waals surface area contributed by atoms with Gasteiger partial charge in [-0.05, 0) is 19.1 Å². The second kappa shape index (κ2) is 8.99. The smallest absolute Gasteiger partial charge is 0.266 e. The topological polar surface area (TPSA) is 73.2 Å². The quantitative estimate of drug-likeness (QED) is 0.687. The monoisotopic (exact) mass is 377 g/mol. The molecule has 2 aromatic carbocycles. The number of hydrogen-bond acceptors (Lipinski definition) is 4. The molecule has 3 aromatic rings. The van der Waals surface area contributed by atoms with Crippen LogP contribution in [0, 0.1) is 6.92 Å². The molecule has 0 radical (unpaired) electrons. The first-order valence-electron chi connectivity index (χ1n) is 9.10. The van der Waals surface area contributed by atoms with Crippen LogP contribution in [0.4, 0.5) is 0 Å². The number of amides is 1. The molecule has 144 valence electrons. The van der Waals surface area contributed by atoms with Gasteiger partial charge >= 0.3 is 0 Å². The minimum atomic E-state index is -0.199. The molecule has 0 unspecified atom stereocenters. The maximum Gasteiger partial charge on any atom is 0.266 e. The molecule has 1 amide bonds. The molecule has 0 saturated heterocycles. The number of carbonyl (C=O) groups excluding carboxylic acids is 1. The van der Waals surface area contributed by atoms with Crippen molar-refractivity contribution in [3.8, 4) is 17.0 Å². The second-order valence-corrected chi connectivity index (χ2v) is 6.48. The summed E-state index contributed by atoms with van der Waals surface area (Å²) < 4.78 is 6.64. The standard InChI is InChI=1S/C22H23N3O3/c1-16-7-9-17(10-8-16)19-11-12-22(27)25(24-19)14-13-23-21(26)15-18-5-3-4-6-20(18)28-2/h3-12H,13-15H2,1-2H3,(H,23,26). The highest BCUT2D eigenvalue weighted by Crippen LogP contribution is 2.17. The van der Waals surface area contributed by atoms with E-state index in [9.17, 15) is 9.59 Å². The van der Waals surface area contributed by atoms with Gasteiger partial charge in [0.2, 0.25) is 5.91 Å². The SMILES string of the molecule is COc1ccccc1CC(=O)NCCn1nc(-c2ccc(C)cc2)ccc1=O. The largest absolute Gasteiger partial charge is 0.496 e. The van der Waals surface area contributed by atoms with Crippen LogP contribution in [0.2, 0.25) is 0 Å². The van der Waals surface area contributed by atoms with Crippen LogP contribution in [0.1, 0.15) is 11.1 Å². The Morgan fingerprint density at radius 1 is 1.07 bits per heavy atom. The molecule has 1 N–H and O–H groups in total. The lowest BCUT2D eigenvalue weighted by Crippen LogP contribution is -2.32. The van der Waals surface area contributed by atoms with E-state index in [4.69, 9.17) is 4.74 Å². The molecular weight excluding hydrogens is 354 g/mol. The Labute approximate surface area is 163 Å². The molecule has 3 rings (SSSR count). The number of methoxy groups -OCH3 is 1. The van der Waals surface area contributed by atoms with Gasteiger partial charge in [0, 0.05) is 23.7 Å². The number of nitrogens with one attached hydrogen (secondary N) is 1. The van der Waals surface area contributed by atoms with Crippen molar-refractivity contribution in [3.63, 3.8) is 0 Å². The number of carbonyl (C=O) groups is 1. The van der Waals surface area contributed by atoms with Crippen molar-refractivity contribution >= 4 is 5.91 Å². The molecule has 0 atom stereocenters. The molecule has 6 heteroatoms. The van der Waals surface area contributed by atoms with E-state index >= 15 is 0 Å². The van der Waals surface area contributed by atoms with E-state index < -0.39 is 0 Å². The lowest BCUT2D eigenvalue weighted by molar-refractivity contribution is -0.120. The van der Waals surface area contributed by atoms with Crippen molar-refractivity contribution < 1.29 is 9.53 Å². The van der Waals surface area contributed by atoms with Gasteiger partial charge in [0.25, 0.3) is 5.56 Å². The van der Waals surface area contributed by atoms with E-state index in [2.05, 4.69) is 10.4 Å². The number of aromatic nitrogens is 2. The first-order chi connectivity index (χ1) is 13.6. The molecule has 0 spiro atoms. The van der Waals surface area contributed by atoms with Gasteiger partial charge in [0.15, 0.2) is 0 Å². The van der Waals surface area contributed by atoms with Crippen molar-refractivity contribution in [1.82, 2.24) is 15.1 Å². The molecule has 1 aromatic heterocycles. The molecule has 0 bridgehead atoms. The van der Waals surface area contributed by atoms with E-state index in [1.807, 2.05) is 55.5 Å². The minimum Gasteiger partial charge on any atom is -0.496 e. The maximum absolute atomic E-state index is 12.2. The van der Waals surface area contributed by atoms with E-state index in [-0.39, 0.29) is 17.9 Å². The molecule has 28 heavy (non-hydrogen) atoms. The lowest BCUT2D eigenvalue weighted by atomic mass is 10.1. The molecule has 0 aliphatic rings. The summed E-state index contributed by atoms with van der Waals surface area (Å²) in [6.07, 6.45) is 0.218. The molecule has 1 heterocycles. The maximum atomic E-state index is 12.2. The van der Waals surface area contributed by atoms with E-state index in [0.717, 1.165) is 22.4 Å². The van der Waals surface area contributed by atoms with Crippen LogP contribution in [0.15, 0.2) is 65.5 Å². The van der Waals surface area contributed by atoms with Gasteiger partial charge < -0.3 is 10.1 Å². The number of aryl methyl sites for hydroxylation is 1. The van der Waals surface area contributed by atoms with E-state index in [1.165, 1.54) is 10.7 Å². The predicted octanol–water partition coefficient (Wildman–Crippen LogP) is 2.59. The van der Waals surface area contributed by atoms with Crippen LogP contribution < -0.4 is 15.6 Å².